The molecule has 0 heterocycles. The number of rotatable bonds is 4. The van der Waals surface area contributed by atoms with E-state index in [4.69, 9.17) is 10.00 Å². The van der Waals surface area contributed by atoms with Gasteiger partial charge in [0.2, 0.25) is 0 Å². The predicted octanol–water partition coefficient (Wildman–Crippen LogP) is 3.27. The minimum atomic E-state index is -0.412. The van der Waals surface area contributed by atoms with Crippen LogP contribution >= 0.6 is 0 Å². The van der Waals surface area contributed by atoms with Crippen molar-refractivity contribution < 1.29 is 9.53 Å². The highest BCUT2D eigenvalue weighted by Crippen LogP contribution is 2.23. The van der Waals surface area contributed by atoms with Crippen LogP contribution in [-0.4, -0.2) is 12.2 Å². The van der Waals surface area contributed by atoms with Crippen LogP contribution in [0.25, 0.3) is 0 Å². The molecule has 1 atom stereocenters. The van der Waals surface area contributed by atoms with Crippen LogP contribution < -0.4 is 5.32 Å². The number of hydrogen-bond donors (Lipinski definition) is 1. The van der Waals surface area contributed by atoms with Gasteiger partial charge in [-0.25, -0.2) is 4.79 Å². The Hall–Kier alpha value is -1.76. The molecule has 0 aromatic carbocycles. The maximum absolute atomic E-state index is 11.5. The van der Waals surface area contributed by atoms with Gasteiger partial charge in [-0.15, -0.1) is 0 Å². The monoisotopic (exact) mass is 248 g/mol. The Morgan fingerprint density at radius 3 is 2.89 bits per heavy atom. The van der Waals surface area contributed by atoms with Gasteiger partial charge in [0.25, 0.3) is 0 Å². The summed E-state index contributed by atoms with van der Waals surface area (Å²) < 4.78 is 5.03. The van der Waals surface area contributed by atoms with Crippen LogP contribution in [0.5, 0.6) is 0 Å². The Balaban J connectivity index is 2.60. The molecule has 1 rings (SSSR count). The summed E-state index contributed by atoms with van der Waals surface area (Å²) in [7, 11) is 0. The van der Waals surface area contributed by atoms with Crippen molar-refractivity contribution in [1.29, 1.82) is 5.26 Å². The van der Waals surface area contributed by atoms with E-state index in [0.29, 0.717) is 6.42 Å². The number of hydrogen-bond acceptors (Lipinski definition) is 3. The molecule has 1 aliphatic rings. The first kappa shape index (κ1) is 14.3. The number of nitriles is 1. The largest absolute Gasteiger partial charge is 0.447 e. The van der Waals surface area contributed by atoms with Gasteiger partial charge in [0.05, 0.1) is 12.2 Å². The minimum absolute atomic E-state index is 0.123. The third kappa shape index (κ3) is 4.62. The lowest BCUT2D eigenvalue weighted by atomic mass is 9.92. The van der Waals surface area contributed by atoms with E-state index in [9.17, 15) is 4.79 Å². The lowest BCUT2D eigenvalue weighted by Gasteiger charge is -2.18. The Kier molecular flexibility index (Phi) is 5.44. The summed E-state index contributed by atoms with van der Waals surface area (Å²) in [5.74, 6) is 0.202. The fraction of sp³-hybridized carbons (Fsp3) is 0.571. The summed E-state index contributed by atoms with van der Waals surface area (Å²) in [6.07, 6.45) is 5.72. The third-order valence-corrected chi connectivity index (χ3v) is 2.71. The number of carbonyl (C=O) groups is 1. The first-order chi connectivity index (χ1) is 8.52. The standard InChI is InChI=1S/C14H20N2O2/c1-10(2)18-14(17)16-13-6-4-5-12(9-13)11(3)7-8-15/h5,9-11H,4,6-7H2,1-3H3,(H,16,17). The third-order valence-electron chi connectivity index (χ3n) is 2.71. The topological polar surface area (TPSA) is 62.1 Å². The smallest absolute Gasteiger partial charge is 0.411 e. The molecule has 0 bridgehead atoms. The van der Waals surface area contributed by atoms with Crippen molar-refractivity contribution in [2.45, 2.75) is 46.1 Å². The van der Waals surface area contributed by atoms with Crippen LogP contribution in [0.1, 0.15) is 40.0 Å². The van der Waals surface area contributed by atoms with E-state index >= 15 is 0 Å². The average molecular weight is 248 g/mol. The average Bonchev–Trinajstić information content (AvgIpc) is 2.28. The number of nitrogens with zero attached hydrogens (tertiary/aromatic N) is 1. The molecular formula is C14H20N2O2. The molecule has 1 N–H and O–H groups in total. The number of amides is 1. The Morgan fingerprint density at radius 1 is 1.56 bits per heavy atom. The minimum Gasteiger partial charge on any atom is -0.447 e. The van der Waals surface area contributed by atoms with Gasteiger partial charge in [0.15, 0.2) is 0 Å². The number of alkyl carbamates (subject to hydrolysis) is 1. The molecule has 0 aromatic heterocycles. The first-order valence-corrected chi connectivity index (χ1v) is 6.28. The molecule has 0 saturated heterocycles. The Morgan fingerprint density at radius 2 is 2.28 bits per heavy atom. The molecule has 0 radical (unpaired) electrons. The van der Waals surface area contributed by atoms with Crippen LogP contribution in [0.15, 0.2) is 23.4 Å². The SMILES string of the molecule is CC(C)OC(=O)NC1=CC(C(C)CC#N)=CCC1. The molecule has 18 heavy (non-hydrogen) atoms. The van der Waals surface area contributed by atoms with Crippen molar-refractivity contribution in [1.82, 2.24) is 5.32 Å². The molecule has 0 saturated carbocycles. The van der Waals surface area contributed by atoms with E-state index in [0.717, 1.165) is 24.1 Å². The Bertz CT molecular complexity index is 403. The van der Waals surface area contributed by atoms with E-state index in [1.165, 1.54) is 0 Å². The molecule has 98 valence electrons. The predicted molar refractivity (Wildman–Crippen MR) is 69.5 cm³/mol. The van der Waals surface area contributed by atoms with Gasteiger partial charge in [-0.2, -0.15) is 5.26 Å². The normalized spacial score (nSPS) is 16.4. The maximum atomic E-state index is 11.5. The van der Waals surface area contributed by atoms with Crippen molar-refractivity contribution in [3.05, 3.63) is 23.4 Å². The molecule has 0 aliphatic heterocycles. The van der Waals surface area contributed by atoms with Crippen LogP contribution in [0.3, 0.4) is 0 Å². The molecule has 1 amide bonds. The lowest BCUT2D eigenvalue weighted by Crippen LogP contribution is -2.27. The Labute approximate surface area is 108 Å². The van der Waals surface area contributed by atoms with Crippen LogP contribution in [-0.2, 0) is 4.74 Å². The van der Waals surface area contributed by atoms with Crippen molar-refractivity contribution in [3.8, 4) is 6.07 Å². The second-order valence-electron chi connectivity index (χ2n) is 4.75. The molecule has 0 fully saturated rings. The zero-order valence-electron chi connectivity index (χ0n) is 11.2. The van der Waals surface area contributed by atoms with E-state index in [1.807, 2.05) is 26.8 Å². The van der Waals surface area contributed by atoms with Crippen LogP contribution in [0.2, 0.25) is 0 Å². The first-order valence-electron chi connectivity index (χ1n) is 6.28. The van der Waals surface area contributed by atoms with Gasteiger partial charge in [-0.3, -0.25) is 5.32 Å². The summed E-state index contributed by atoms with van der Waals surface area (Å²) >= 11 is 0. The summed E-state index contributed by atoms with van der Waals surface area (Å²) in [6, 6.07) is 2.16. The molecular weight excluding hydrogens is 228 g/mol. The highest BCUT2D eigenvalue weighted by Gasteiger charge is 2.14. The van der Waals surface area contributed by atoms with E-state index in [1.54, 1.807) is 0 Å². The van der Waals surface area contributed by atoms with Crippen LogP contribution in [0, 0.1) is 17.2 Å². The van der Waals surface area contributed by atoms with Crippen molar-refractivity contribution in [2.24, 2.45) is 5.92 Å². The number of allylic oxidation sites excluding steroid dienone is 4. The summed E-state index contributed by atoms with van der Waals surface area (Å²) in [6.45, 7) is 5.64. The lowest BCUT2D eigenvalue weighted by molar-refractivity contribution is 0.118. The van der Waals surface area contributed by atoms with Gasteiger partial charge in [-0.1, -0.05) is 13.0 Å². The van der Waals surface area contributed by atoms with Crippen molar-refractivity contribution >= 4 is 6.09 Å². The van der Waals surface area contributed by atoms with Gasteiger partial charge in [0, 0.05) is 12.1 Å². The molecule has 4 heteroatoms. The second-order valence-corrected chi connectivity index (χ2v) is 4.75. The summed E-state index contributed by atoms with van der Waals surface area (Å²) in [5.41, 5.74) is 1.98. The van der Waals surface area contributed by atoms with Gasteiger partial charge in [-0.05, 0) is 44.3 Å². The number of nitrogens with one attached hydrogen (secondary N) is 1. The zero-order valence-corrected chi connectivity index (χ0v) is 11.2. The zero-order chi connectivity index (χ0) is 13.5. The second kappa shape index (κ2) is 6.85. The van der Waals surface area contributed by atoms with Crippen molar-refractivity contribution in [2.75, 3.05) is 0 Å². The van der Waals surface area contributed by atoms with Gasteiger partial charge >= 0.3 is 6.09 Å². The molecule has 4 nitrogen and oxygen atoms in total. The van der Waals surface area contributed by atoms with Crippen LogP contribution in [0.4, 0.5) is 4.79 Å². The fourth-order valence-electron chi connectivity index (χ4n) is 1.80. The quantitative estimate of drug-likeness (QED) is 0.830. The highest BCUT2D eigenvalue weighted by atomic mass is 16.6. The van der Waals surface area contributed by atoms with E-state index in [2.05, 4.69) is 17.5 Å². The molecule has 0 spiro atoms. The van der Waals surface area contributed by atoms with Crippen molar-refractivity contribution in [3.63, 3.8) is 0 Å². The maximum Gasteiger partial charge on any atom is 0.411 e. The number of carbonyl (C=O) groups excluding carboxylic acids is 1. The highest BCUT2D eigenvalue weighted by molar-refractivity contribution is 5.70. The fourth-order valence-corrected chi connectivity index (χ4v) is 1.80. The molecule has 1 unspecified atom stereocenters. The molecule has 1 aliphatic carbocycles. The van der Waals surface area contributed by atoms with Gasteiger partial charge < -0.3 is 4.74 Å². The summed E-state index contributed by atoms with van der Waals surface area (Å²) in [5, 5.41) is 11.4. The van der Waals surface area contributed by atoms with E-state index in [-0.39, 0.29) is 12.0 Å². The summed E-state index contributed by atoms with van der Waals surface area (Å²) in [4.78, 5) is 11.5. The number of ether oxygens (including phenoxy) is 1. The van der Waals surface area contributed by atoms with E-state index < -0.39 is 6.09 Å². The molecule has 0 aromatic rings. The van der Waals surface area contributed by atoms with Gasteiger partial charge in [0.1, 0.15) is 0 Å².